The van der Waals surface area contributed by atoms with Crippen LogP contribution in [0.2, 0.25) is 0 Å². The first-order chi connectivity index (χ1) is 9.65. The predicted molar refractivity (Wildman–Crippen MR) is 83.0 cm³/mol. The van der Waals surface area contributed by atoms with Gasteiger partial charge < -0.3 is 14.2 Å². The van der Waals surface area contributed by atoms with Crippen LogP contribution in [-0.4, -0.2) is 39.6 Å². The second-order valence-corrected chi connectivity index (χ2v) is 6.09. The van der Waals surface area contributed by atoms with Gasteiger partial charge in [0, 0.05) is 26.2 Å². The first-order valence-electron chi connectivity index (χ1n) is 7.98. The Bertz CT molecular complexity index is 265. The van der Waals surface area contributed by atoms with Crippen LogP contribution in [0.5, 0.6) is 0 Å². The maximum atomic E-state index is 6.04. The standard InChI is InChI=1S/C17H32O3/c1-14(2)16-8-7-15(3)13-17(16)20-12-11-19-10-6-5-9-18-4/h15-17H,1,5-13H2,2-4H3. The van der Waals surface area contributed by atoms with Crippen molar-refractivity contribution in [2.24, 2.45) is 11.8 Å². The van der Waals surface area contributed by atoms with Gasteiger partial charge in [0.05, 0.1) is 19.3 Å². The highest BCUT2D eigenvalue weighted by atomic mass is 16.5. The van der Waals surface area contributed by atoms with Gasteiger partial charge >= 0.3 is 0 Å². The summed E-state index contributed by atoms with van der Waals surface area (Å²) in [5, 5.41) is 0. The molecule has 3 heteroatoms. The van der Waals surface area contributed by atoms with Crippen molar-refractivity contribution >= 4 is 0 Å². The molecule has 1 aliphatic rings. The molecule has 0 heterocycles. The predicted octanol–water partition coefficient (Wildman–Crippen LogP) is 3.83. The molecular weight excluding hydrogens is 252 g/mol. The molecule has 0 radical (unpaired) electrons. The highest BCUT2D eigenvalue weighted by Crippen LogP contribution is 2.34. The second kappa shape index (κ2) is 10.4. The van der Waals surface area contributed by atoms with Gasteiger partial charge in [-0.2, -0.15) is 0 Å². The molecule has 118 valence electrons. The Labute approximate surface area is 124 Å². The van der Waals surface area contributed by atoms with Crippen molar-refractivity contribution in [3.05, 3.63) is 12.2 Å². The van der Waals surface area contributed by atoms with Crippen LogP contribution in [0.1, 0.15) is 46.0 Å². The highest BCUT2D eigenvalue weighted by Gasteiger charge is 2.29. The maximum Gasteiger partial charge on any atom is 0.0704 e. The number of ether oxygens (including phenoxy) is 3. The third-order valence-corrected chi connectivity index (χ3v) is 4.13. The smallest absolute Gasteiger partial charge is 0.0704 e. The van der Waals surface area contributed by atoms with Crippen molar-refractivity contribution in [3.8, 4) is 0 Å². The zero-order valence-corrected chi connectivity index (χ0v) is 13.5. The van der Waals surface area contributed by atoms with E-state index in [1.807, 2.05) is 0 Å². The number of methoxy groups -OCH3 is 1. The maximum absolute atomic E-state index is 6.04. The van der Waals surface area contributed by atoms with E-state index in [2.05, 4.69) is 20.4 Å². The summed E-state index contributed by atoms with van der Waals surface area (Å²) in [5.74, 6) is 1.30. The fraction of sp³-hybridized carbons (Fsp3) is 0.882. The van der Waals surface area contributed by atoms with Crippen molar-refractivity contribution in [1.82, 2.24) is 0 Å². The van der Waals surface area contributed by atoms with Crippen molar-refractivity contribution in [3.63, 3.8) is 0 Å². The summed E-state index contributed by atoms with van der Waals surface area (Å²) in [4.78, 5) is 0. The Kier molecular flexibility index (Phi) is 9.16. The lowest BCUT2D eigenvalue weighted by Gasteiger charge is -2.35. The monoisotopic (exact) mass is 284 g/mol. The van der Waals surface area contributed by atoms with E-state index in [1.165, 1.54) is 18.4 Å². The fourth-order valence-corrected chi connectivity index (χ4v) is 2.89. The summed E-state index contributed by atoms with van der Waals surface area (Å²) in [6.45, 7) is 11.6. The van der Waals surface area contributed by atoms with Gasteiger partial charge in [0.1, 0.15) is 0 Å². The van der Waals surface area contributed by atoms with Gasteiger partial charge in [-0.3, -0.25) is 0 Å². The largest absolute Gasteiger partial charge is 0.385 e. The van der Waals surface area contributed by atoms with Crippen LogP contribution >= 0.6 is 0 Å². The first kappa shape index (κ1) is 17.7. The molecule has 1 rings (SSSR count). The fourth-order valence-electron chi connectivity index (χ4n) is 2.89. The van der Waals surface area contributed by atoms with Crippen LogP contribution in [0.3, 0.4) is 0 Å². The highest BCUT2D eigenvalue weighted by molar-refractivity contribution is 5.02. The minimum atomic E-state index is 0.341. The second-order valence-electron chi connectivity index (χ2n) is 6.09. The van der Waals surface area contributed by atoms with E-state index < -0.39 is 0 Å². The molecule has 0 saturated heterocycles. The molecule has 3 nitrogen and oxygen atoms in total. The number of unbranched alkanes of at least 4 members (excludes halogenated alkanes) is 1. The summed E-state index contributed by atoms with van der Waals surface area (Å²) in [6.07, 6.45) is 6.14. The van der Waals surface area contributed by atoms with Crippen LogP contribution in [-0.2, 0) is 14.2 Å². The number of hydrogen-bond donors (Lipinski definition) is 0. The molecule has 0 amide bonds. The third-order valence-electron chi connectivity index (χ3n) is 4.13. The average molecular weight is 284 g/mol. The van der Waals surface area contributed by atoms with Crippen LogP contribution in [0.25, 0.3) is 0 Å². The molecule has 0 N–H and O–H groups in total. The van der Waals surface area contributed by atoms with Crippen LogP contribution in [0.4, 0.5) is 0 Å². The Hall–Kier alpha value is -0.380. The lowest BCUT2D eigenvalue weighted by molar-refractivity contribution is -0.0389. The van der Waals surface area contributed by atoms with Gasteiger partial charge in [0.25, 0.3) is 0 Å². The number of rotatable bonds is 10. The normalized spacial score (nSPS) is 26.6. The zero-order chi connectivity index (χ0) is 14.8. The SMILES string of the molecule is C=C(C)C1CCC(C)CC1OCCOCCCCOC. The molecule has 1 aliphatic carbocycles. The van der Waals surface area contributed by atoms with Crippen molar-refractivity contribution in [1.29, 1.82) is 0 Å². The van der Waals surface area contributed by atoms with Gasteiger partial charge in [-0.1, -0.05) is 19.1 Å². The van der Waals surface area contributed by atoms with Crippen molar-refractivity contribution < 1.29 is 14.2 Å². The summed E-state index contributed by atoms with van der Waals surface area (Å²) >= 11 is 0. The summed E-state index contributed by atoms with van der Waals surface area (Å²) in [7, 11) is 1.73. The van der Waals surface area contributed by atoms with Crippen molar-refractivity contribution in [2.75, 3.05) is 33.5 Å². The van der Waals surface area contributed by atoms with Gasteiger partial charge in [0.2, 0.25) is 0 Å². The Morgan fingerprint density at radius 3 is 2.55 bits per heavy atom. The molecule has 0 aliphatic heterocycles. The Balaban J connectivity index is 2.10. The molecule has 3 unspecified atom stereocenters. The van der Waals surface area contributed by atoms with E-state index in [0.717, 1.165) is 38.4 Å². The van der Waals surface area contributed by atoms with E-state index in [1.54, 1.807) is 7.11 Å². The van der Waals surface area contributed by atoms with Gasteiger partial charge in [-0.05, 0) is 44.9 Å². The lowest BCUT2D eigenvalue weighted by atomic mass is 9.78. The third kappa shape index (κ3) is 6.87. The topological polar surface area (TPSA) is 27.7 Å². The van der Waals surface area contributed by atoms with Crippen molar-refractivity contribution in [2.45, 2.75) is 52.1 Å². The van der Waals surface area contributed by atoms with Crippen LogP contribution in [0.15, 0.2) is 12.2 Å². The molecule has 0 spiro atoms. The molecule has 1 saturated carbocycles. The minimum absolute atomic E-state index is 0.341. The van der Waals surface area contributed by atoms with Crippen LogP contribution < -0.4 is 0 Å². The van der Waals surface area contributed by atoms with E-state index >= 15 is 0 Å². The lowest BCUT2D eigenvalue weighted by Crippen LogP contribution is -2.32. The average Bonchev–Trinajstić information content (AvgIpc) is 2.41. The van der Waals surface area contributed by atoms with Crippen LogP contribution in [0, 0.1) is 11.8 Å². The van der Waals surface area contributed by atoms with E-state index in [0.29, 0.717) is 25.2 Å². The van der Waals surface area contributed by atoms with Gasteiger partial charge in [-0.25, -0.2) is 0 Å². The van der Waals surface area contributed by atoms with E-state index in [4.69, 9.17) is 14.2 Å². The van der Waals surface area contributed by atoms with E-state index in [9.17, 15) is 0 Å². The molecule has 20 heavy (non-hydrogen) atoms. The summed E-state index contributed by atoms with van der Waals surface area (Å²) < 4.78 is 16.6. The molecule has 0 bridgehead atoms. The molecule has 1 fully saturated rings. The molecule has 3 atom stereocenters. The number of hydrogen-bond acceptors (Lipinski definition) is 3. The van der Waals surface area contributed by atoms with E-state index in [-0.39, 0.29) is 0 Å². The van der Waals surface area contributed by atoms with Gasteiger partial charge in [-0.15, -0.1) is 0 Å². The zero-order valence-electron chi connectivity index (χ0n) is 13.5. The Morgan fingerprint density at radius 1 is 1.10 bits per heavy atom. The quantitative estimate of drug-likeness (QED) is 0.451. The summed E-state index contributed by atoms with van der Waals surface area (Å²) in [5.41, 5.74) is 1.27. The minimum Gasteiger partial charge on any atom is -0.385 e. The molecule has 0 aromatic heterocycles. The molecular formula is C17H32O3. The molecule has 0 aromatic rings. The molecule has 0 aromatic carbocycles. The summed E-state index contributed by atoms with van der Waals surface area (Å²) in [6, 6.07) is 0. The Morgan fingerprint density at radius 2 is 1.85 bits per heavy atom. The van der Waals surface area contributed by atoms with Gasteiger partial charge in [0.15, 0.2) is 0 Å². The first-order valence-corrected chi connectivity index (χ1v) is 7.98.